The Labute approximate surface area is 128 Å². The Hall–Kier alpha value is -1.39. The van der Waals surface area contributed by atoms with E-state index < -0.39 is 11.6 Å². The van der Waals surface area contributed by atoms with Gasteiger partial charge in [0.15, 0.2) is 0 Å². The van der Waals surface area contributed by atoms with Crippen LogP contribution in [0.15, 0.2) is 46.2 Å². The minimum absolute atomic E-state index is 0.0365. The molecule has 0 bridgehead atoms. The second-order valence-corrected chi connectivity index (χ2v) is 6.26. The van der Waals surface area contributed by atoms with Crippen molar-refractivity contribution in [1.29, 1.82) is 0 Å². The number of halogens is 2. The van der Waals surface area contributed by atoms with Crippen molar-refractivity contribution in [1.82, 2.24) is 0 Å². The van der Waals surface area contributed by atoms with E-state index in [1.165, 1.54) is 12.1 Å². The van der Waals surface area contributed by atoms with Gasteiger partial charge in [-0.3, -0.25) is 0 Å². The van der Waals surface area contributed by atoms with Crippen molar-refractivity contribution in [3.8, 4) is 0 Å². The highest BCUT2D eigenvalue weighted by Gasteiger charge is 2.14. The standard InChI is InChI=1S/C17H19F2NS/c1-3-13(20)8-12-9-15(18)17(16(19)10-12)21-14-6-4-5-11(2)7-14/h4-7,9-10,13H,3,8,20H2,1-2H3. The van der Waals surface area contributed by atoms with Gasteiger partial charge in [0.05, 0.1) is 4.90 Å². The molecule has 0 fully saturated rings. The lowest BCUT2D eigenvalue weighted by molar-refractivity contribution is 0.533. The van der Waals surface area contributed by atoms with Crippen LogP contribution in [0.4, 0.5) is 8.78 Å². The minimum atomic E-state index is -0.528. The lowest BCUT2D eigenvalue weighted by Gasteiger charge is -2.11. The Morgan fingerprint density at radius 3 is 2.38 bits per heavy atom. The van der Waals surface area contributed by atoms with Gasteiger partial charge in [0.25, 0.3) is 0 Å². The summed E-state index contributed by atoms with van der Waals surface area (Å²) in [4.78, 5) is 0.861. The van der Waals surface area contributed by atoms with E-state index in [1.54, 1.807) is 0 Å². The third-order valence-electron chi connectivity index (χ3n) is 3.29. The molecule has 2 aromatic rings. The summed E-state index contributed by atoms with van der Waals surface area (Å²) in [7, 11) is 0. The molecule has 0 aromatic heterocycles. The van der Waals surface area contributed by atoms with Crippen LogP contribution < -0.4 is 5.73 Å². The molecule has 1 atom stereocenters. The van der Waals surface area contributed by atoms with Crippen LogP contribution in [0.5, 0.6) is 0 Å². The number of rotatable bonds is 5. The predicted octanol–water partition coefficient (Wildman–Crippen LogP) is 4.70. The van der Waals surface area contributed by atoms with Crippen LogP contribution in [-0.4, -0.2) is 6.04 Å². The molecule has 21 heavy (non-hydrogen) atoms. The molecule has 0 amide bonds. The average Bonchev–Trinajstić information content (AvgIpc) is 2.43. The van der Waals surface area contributed by atoms with Gasteiger partial charge in [-0.1, -0.05) is 36.4 Å². The highest BCUT2D eigenvalue weighted by atomic mass is 32.2. The second kappa shape index (κ2) is 7.05. The van der Waals surface area contributed by atoms with Crippen LogP contribution in [0, 0.1) is 18.6 Å². The van der Waals surface area contributed by atoms with Gasteiger partial charge in [-0.2, -0.15) is 0 Å². The van der Waals surface area contributed by atoms with E-state index in [2.05, 4.69) is 0 Å². The Morgan fingerprint density at radius 2 is 1.81 bits per heavy atom. The van der Waals surface area contributed by atoms with Crippen molar-refractivity contribution in [2.24, 2.45) is 5.73 Å². The van der Waals surface area contributed by atoms with Gasteiger partial charge in [0, 0.05) is 10.9 Å². The first kappa shape index (κ1) is 16.0. The van der Waals surface area contributed by atoms with Crippen LogP contribution >= 0.6 is 11.8 Å². The first-order valence-corrected chi connectivity index (χ1v) is 7.79. The molecule has 1 nitrogen and oxygen atoms in total. The van der Waals surface area contributed by atoms with Crippen molar-refractivity contribution in [3.05, 3.63) is 59.2 Å². The molecule has 0 aliphatic heterocycles. The highest BCUT2D eigenvalue weighted by Crippen LogP contribution is 2.33. The molecule has 0 heterocycles. The molecule has 0 aliphatic rings. The lowest BCUT2D eigenvalue weighted by Crippen LogP contribution is -2.21. The molecule has 0 spiro atoms. The van der Waals surface area contributed by atoms with Gasteiger partial charge in [0.2, 0.25) is 0 Å². The van der Waals surface area contributed by atoms with Crippen molar-refractivity contribution < 1.29 is 8.78 Å². The summed E-state index contributed by atoms with van der Waals surface area (Å²) >= 11 is 1.11. The van der Waals surface area contributed by atoms with Crippen molar-refractivity contribution in [2.45, 2.75) is 42.5 Å². The van der Waals surface area contributed by atoms with Gasteiger partial charge < -0.3 is 5.73 Å². The molecular formula is C17H19F2NS. The van der Waals surface area contributed by atoms with Gasteiger partial charge in [0.1, 0.15) is 11.6 Å². The largest absolute Gasteiger partial charge is 0.327 e. The second-order valence-electron chi connectivity index (χ2n) is 5.18. The van der Waals surface area contributed by atoms with Crippen LogP contribution in [0.2, 0.25) is 0 Å². The Bertz CT molecular complexity index is 605. The lowest BCUT2D eigenvalue weighted by atomic mass is 10.0. The van der Waals surface area contributed by atoms with Crippen molar-refractivity contribution >= 4 is 11.8 Å². The van der Waals surface area contributed by atoms with Gasteiger partial charge in [-0.15, -0.1) is 0 Å². The predicted molar refractivity (Wildman–Crippen MR) is 83.6 cm³/mol. The normalized spacial score (nSPS) is 12.4. The Morgan fingerprint density at radius 1 is 1.14 bits per heavy atom. The maximum atomic E-state index is 14.1. The molecule has 0 saturated carbocycles. The number of hydrogen-bond acceptors (Lipinski definition) is 2. The molecular weight excluding hydrogens is 288 g/mol. The maximum Gasteiger partial charge on any atom is 0.140 e. The van der Waals surface area contributed by atoms with Crippen molar-refractivity contribution in [3.63, 3.8) is 0 Å². The van der Waals surface area contributed by atoms with E-state index in [0.29, 0.717) is 12.0 Å². The zero-order chi connectivity index (χ0) is 15.4. The molecule has 4 heteroatoms. The summed E-state index contributed by atoms with van der Waals surface area (Å²) in [6.07, 6.45) is 1.27. The number of aryl methyl sites for hydroxylation is 1. The fourth-order valence-corrected chi connectivity index (χ4v) is 3.01. The van der Waals surface area contributed by atoms with E-state index in [1.807, 2.05) is 38.1 Å². The van der Waals surface area contributed by atoms with E-state index in [-0.39, 0.29) is 10.9 Å². The molecule has 0 aliphatic carbocycles. The van der Waals surface area contributed by atoms with Gasteiger partial charge >= 0.3 is 0 Å². The molecule has 2 aromatic carbocycles. The van der Waals surface area contributed by atoms with E-state index in [9.17, 15) is 8.78 Å². The van der Waals surface area contributed by atoms with E-state index in [0.717, 1.165) is 28.6 Å². The molecule has 0 radical (unpaired) electrons. The third kappa shape index (κ3) is 4.29. The van der Waals surface area contributed by atoms with Crippen LogP contribution in [0.3, 0.4) is 0 Å². The van der Waals surface area contributed by atoms with Gasteiger partial charge in [-0.05, 0) is 49.6 Å². The third-order valence-corrected chi connectivity index (χ3v) is 4.37. The van der Waals surface area contributed by atoms with Crippen LogP contribution in [-0.2, 0) is 6.42 Å². The van der Waals surface area contributed by atoms with Crippen LogP contribution in [0.25, 0.3) is 0 Å². The first-order chi connectivity index (χ1) is 9.99. The summed E-state index contributed by atoms with van der Waals surface area (Å²) in [5.74, 6) is -1.06. The summed E-state index contributed by atoms with van der Waals surface area (Å²) in [6.45, 7) is 3.91. The monoisotopic (exact) mass is 307 g/mol. The summed E-state index contributed by atoms with van der Waals surface area (Å²) in [5, 5.41) is 0. The molecule has 112 valence electrons. The number of benzene rings is 2. The number of hydrogen-bond donors (Lipinski definition) is 1. The Balaban J connectivity index is 2.25. The molecule has 1 unspecified atom stereocenters. The van der Waals surface area contributed by atoms with E-state index in [4.69, 9.17) is 5.73 Å². The first-order valence-electron chi connectivity index (χ1n) is 6.97. The molecule has 2 rings (SSSR count). The van der Waals surface area contributed by atoms with Gasteiger partial charge in [-0.25, -0.2) is 8.78 Å². The SMILES string of the molecule is CCC(N)Cc1cc(F)c(Sc2cccc(C)c2)c(F)c1. The summed E-state index contributed by atoms with van der Waals surface area (Å²) < 4.78 is 28.3. The maximum absolute atomic E-state index is 14.1. The van der Waals surface area contributed by atoms with E-state index >= 15 is 0 Å². The quantitative estimate of drug-likeness (QED) is 0.866. The van der Waals surface area contributed by atoms with Crippen LogP contribution in [0.1, 0.15) is 24.5 Å². The summed E-state index contributed by atoms with van der Waals surface area (Å²) in [5.41, 5.74) is 7.50. The topological polar surface area (TPSA) is 26.0 Å². The zero-order valence-electron chi connectivity index (χ0n) is 12.2. The molecule has 0 saturated heterocycles. The molecule has 2 N–H and O–H groups in total. The average molecular weight is 307 g/mol. The smallest absolute Gasteiger partial charge is 0.140 e. The highest BCUT2D eigenvalue weighted by molar-refractivity contribution is 7.99. The zero-order valence-corrected chi connectivity index (χ0v) is 13.0. The minimum Gasteiger partial charge on any atom is -0.327 e. The summed E-state index contributed by atoms with van der Waals surface area (Å²) in [6, 6.07) is 10.3. The fraction of sp³-hybridized carbons (Fsp3) is 0.294. The fourth-order valence-electron chi connectivity index (χ4n) is 2.07. The number of nitrogens with two attached hydrogens (primary N) is 1. The van der Waals surface area contributed by atoms with Crippen molar-refractivity contribution in [2.75, 3.05) is 0 Å². The Kier molecular flexibility index (Phi) is 5.37.